The molecule has 27 heavy (non-hydrogen) atoms. The number of rotatable bonds is 6. The Morgan fingerprint density at radius 2 is 1.59 bits per heavy atom. The Morgan fingerprint density at radius 3 is 2.26 bits per heavy atom. The first kappa shape index (κ1) is 18.7. The number of hydrogen-bond acceptors (Lipinski definition) is 5. The third kappa shape index (κ3) is 3.87. The van der Waals surface area contributed by atoms with Gasteiger partial charge in [-0.15, -0.1) is 0 Å². The van der Waals surface area contributed by atoms with Gasteiger partial charge in [-0.05, 0) is 59.9 Å². The van der Waals surface area contributed by atoms with Crippen molar-refractivity contribution in [3.63, 3.8) is 0 Å². The van der Waals surface area contributed by atoms with E-state index < -0.39 is 0 Å². The number of benzene rings is 2. The number of carbonyl (C=O) groups excluding carboxylic acids is 2. The number of allylic oxidation sites excluding steroid dienone is 2. The standard InChI is InChI=1S/C22H22O5/c1-25-20-6-4-14(13-23)8-19(20)17-9-16(10-18(24)11-17)15-5-7-21(26-2)22(12-15)27-3/h4-8,11-13,16H,9-10H2,1-3H3/t16-/m1/s1. The zero-order valence-corrected chi connectivity index (χ0v) is 15.7. The molecule has 1 aliphatic carbocycles. The zero-order chi connectivity index (χ0) is 19.4. The molecule has 0 N–H and O–H groups in total. The average molecular weight is 366 g/mol. The second kappa shape index (κ2) is 8.08. The fourth-order valence-electron chi connectivity index (χ4n) is 3.47. The van der Waals surface area contributed by atoms with Crippen LogP contribution >= 0.6 is 0 Å². The van der Waals surface area contributed by atoms with Crippen molar-refractivity contribution in [1.29, 1.82) is 0 Å². The minimum Gasteiger partial charge on any atom is -0.496 e. The van der Waals surface area contributed by atoms with Gasteiger partial charge in [0.05, 0.1) is 21.3 Å². The molecular weight excluding hydrogens is 344 g/mol. The Morgan fingerprint density at radius 1 is 0.889 bits per heavy atom. The third-order valence-corrected chi connectivity index (χ3v) is 4.83. The van der Waals surface area contributed by atoms with E-state index >= 15 is 0 Å². The number of hydrogen-bond donors (Lipinski definition) is 0. The van der Waals surface area contributed by atoms with Crippen LogP contribution in [0.15, 0.2) is 42.5 Å². The van der Waals surface area contributed by atoms with E-state index in [1.165, 1.54) is 0 Å². The first-order chi connectivity index (χ1) is 13.1. The van der Waals surface area contributed by atoms with Crippen molar-refractivity contribution in [3.05, 3.63) is 59.2 Å². The predicted molar refractivity (Wildman–Crippen MR) is 103 cm³/mol. The molecule has 0 saturated heterocycles. The smallest absolute Gasteiger partial charge is 0.160 e. The summed E-state index contributed by atoms with van der Waals surface area (Å²) in [6.45, 7) is 0. The van der Waals surface area contributed by atoms with Crippen LogP contribution in [0.25, 0.3) is 5.57 Å². The molecule has 1 atom stereocenters. The molecular formula is C22H22O5. The number of ether oxygens (including phenoxy) is 3. The lowest BCUT2D eigenvalue weighted by atomic mass is 9.80. The molecule has 0 heterocycles. The average Bonchev–Trinajstić information content (AvgIpc) is 2.72. The minimum atomic E-state index is 0.0156. The molecule has 2 aromatic rings. The van der Waals surface area contributed by atoms with Crippen molar-refractivity contribution in [2.45, 2.75) is 18.8 Å². The fraction of sp³-hybridized carbons (Fsp3) is 0.273. The monoisotopic (exact) mass is 366 g/mol. The van der Waals surface area contributed by atoms with E-state index in [4.69, 9.17) is 14.2 Å². The van der Waals surface area contributed by atoms with Crippen molar-refractivity contribution >= 4 is 17.6 Å². The fourth-order valence-corrected chi connectivity index (χ4v) is 3.47. The quantitative estimate of drug-likeness (QED) is 0.722. The Labute approximate surface area is 158 Å². The highest BCUT2D eigenvalue weighted by Crippen LogP contribution is 2.41. The number of aldehydes is 1. The van der Waals surface area contributed by atoms with Gasteiger partial charge in [0.15, 0.2) is 17.3 Å². The molecule has 5 nitrogen and oxygen atoms in total. The SMILES string of the molecule is COc1ccc([C@H]2CC(=O)C=C(c3cc(C=O)ccc3OC)C2)cc1OC. The van der Waals surface area contributed by atoms with Gasteiger partial charge in [-0.3, -0.25) is 9.59 Å². The first-order valence-corrected chi connectivity index (χ1v) is 8.68. The molecule has 1 aliphatic rings. The third-order valence-electron chi connectivity index (χ3n) is 4.83. The van der Waals surface area contributed by atoms with Crippen molar-refractivity contribution in [3.8, 4) is 17.2 Å². The van der Waals surface area contributed by atoms with Crippen LogP contribution in [0.4, 0.5) is 0 Å². The predicted octanol–water partition coefficient (Wildman–Crippen LogP) is 4.06. The maximum absolute atomic E-state index is 12.4. The van der Waals surface area contributed by atoms with Crippen molar-refractivity contribution < 1.29 is 23.8 Å². The Hall–Kier alpha value is -3.08. The van der Waals surface area contributed by atoms with Gasteiger partial charge in [-0.25, -0.2) is 0 Å². The molecule has 0 saturated carbocycles. The lowest BCUT2D eigenvalue weighted by Crippen LogP contribution is -2.13. The zero-order valence-electron chi connectivity index (χ0n) is 15.7. The maximum Gasteiger partial charge on any atom is 0.160 e. The summed E-state index contributed by atoms with van der Waals surface area (Å²) in [7, 11) is 4.76. The van der Waals surface area contributed by atoms with Crippen LogP contribution in [-0.4, -0.2) is 33.4 Å². The molecule has 0 aliphatic heterocycles. The summed E-state index contributed by atoms with van der Waals surface area (Å²) in [6.07, 6.45) is 3.54. The topological polar surface area (TPSA) is 61.8 Å². The molecule has 0 radical (unpaired) electrons. The number of ketones is 1. The van der Waals surface area contributed by atoms with Crippen LogP contribution in [0.3, 0.4) is 0 Å². The molecule has 5 heteroatoms. The van der Waals surface area contributed by atoms with E-state index in [1.54, 1.807) is 45.6 Å². The van der Waals surface area contributed by atoms with Crippen LogP contribution in [0.2, 0.25) is 0 Å². The van der Waals surface area contributed by atoms with E-state index in [2.05, 4.69) is 0 Å². The maximum atomic E-state index is 12.4. The van der Waals surface area contributed by atoms with E-state index in [1.807, 2.05) is 18.2 Å². The summed E-state index contributed by atoms with van der Waals surface area (Å²) in [5.41, 5.74) is 3.21. The molecule has 0 aromatic heterocycles. The molecule has 0 amide bonds. The Kier molecular flexibility index (Phi) is 5.60. The Balaban J connectivity index is 1.97. The lowest BCUT2D eigenvalue weighted by molar-refractivity contribution is -0.115. The summed E-state index contributed by atoms with van der Waals surface area (Å²) in [6, 6.07) is 10.9. The molecule has 140 valence electrons. The summed E-state index contributed by atoms with van der Waals surface area (Å²) >= 11 is 0. The molecule has 0 bridgehead atoms. The number of methoxy groups -OCH3 is 3. The molecule has 0 spiro atoms. The van der Waals surface area contributed by atoms with Crippen LogP contribution < -0.4 is 14.2 Å². The summed E-state index contributed by atoms with van der Waals surface area (Å²) in [5, 5.41) is 0. The molecule has 3 rings (SSSR count). The number of carbonyl (C=O) groups is 2. The first-order valence-electron chi connectivity index (χ1n) is 8.68. The highest BCUT2D eigenvalue weighted by Gasteiger charge is 2.25. The highest BCUT2D eigenvalue weighted by molar-refractivity contribution is 6.00. The summed E-state index contributed by atoms with van der Waals surface area (Å²) < 4.78 is 16.1. The van der Waals surface area contributed by atoms with E-state index in [0.717, 1.165) is 23.0 Å². The second-order valence-electron chi connectivity index (χ2n) is 6.43. The molecule has 2 aromatic carbocycles. The largest absolute Gasteiger partial charge is 0.496 e. The summed E-state index contributed by atoms with van der Waals surface area (Å²) in [5.74, 6) is 2.00. The van der Waals surface area contributed by atoms with Crippen LogP contribution in [-0.2, 0) is 4.79 Å². The summed E-state index contributed by atoms with van der Waals surface area (Å²) in [4.78, 5) is 23.6. The van der Waals surface area contributed by atoms with Crippen molar-refractivity contribution in [2.75, 3.05) is 21.3 Å². The van der Waals surface area contributed by atoms with Gasteiger partial charge in [0.1, 0.15) is 12.0 Å². The van der Waals surface area contributed by atoms with E-state index in [-0.39, 0.29) is 11.7 Å². The van der Waals surface area contributed by atoms with Crippen molar-refractivity contribution in [1.82, 2.24) is 0 Å². The van der Waals surface area contributed by atoms with Crippen LogP contribution in [0, 0.1) is 0 Å². The van der Waals surface area contributed by atoms with Gasteiger partial charge < -0.3 is 14.2 Å². The van der Waals surface area contributed by atoms with Crippen molar-refractivity contribution in [2.24, 2.45) is 0 Å². The lowest BCUT2D eigenvalue weighted by Gasteiger charge is -2.24. The highest BCUT2D eigenvalue weighted by atomic mass is 16.5. The molecule has 0 unspecified atom stereocenters. The second-order valence-corrected chi connectivity index (χ2v) is 6.43. The van der Waals surface area contributed by atoms with Gasteiger partial charge in [0.2, 0.25) is 0 Å². The van der Waals surface area contributed by atoms with E-state index in [0.29, 0.717) is 35.7 Å². The van der Waals surface area contributed by atoms with Gasteiger partial charge in [-0.2, -0.15) is 0 Å². The van der Waals surface area contributed by atoms with Crippen LogP contribution in [0.5, 0.6) is 17.2 Å². The Bertz CT molecular complexity index is 898. The van der Waals surface area contributed by atoms with Gasteiger partial charge in [-0.1, -0.05) is 6.07 Å². The molecule has 0 fully saturated rings. The van der Waals surface area contributed by atoms with Crippen LogP contribution in [0.1, 0.15) is 40.2 Å². The van der Waals surface area contributed by atoms with E-state index in [9.17, 15) is 9.59 Å². The van der Waals surface area contributed by atoms with Gasteiger partial charge in [0, 0.05) is 17.5 Å². The van der Waals surface area contributed by atoms with Gasteiger partial charge >= 0.3 is 0 Å². The van der Waals surface area contributed by atoms with Gasteiger partial charge in [0.25, 0.3) is 0 Å². The normalized spacial score (nSPS) is 16.5. The minimum absolute atomic E-state index is 0.0156.